The molecule has 1 aliphatic rings. The van der Waals surface area contributed by atoms with Crippen LogP contribution >= 0.6 is 0 Å². The van der Waals surface area contributed by atoms with Gasteiger partial charge in [0.2, 0.25) is 5.91 Å². The van der Waals surface area contributed by atoms with E-state index >= 15 is 0 Å². The van der Waals surface area contributed by atoms with Crippen LogP contribution in [0.3, 0.4) is 0 Å². The Morgan fingerprint density at radius 2 is 1.90 bits per heavy atom. The molecular weight excluding hydrogens is 398 g/mol. The van der Waals surface area contributed by atoms with E-state index in [-0.39, 0.29) is 47.7 Å². The van der Waals surface area contributed by atoms with Crippen molar-refractivity contribution in [2.24, 2.45) is 5.92 Å². The van der Waals surface area contributed by atoms with Crippen LogP contribution in [0.25, 0.3) is 0 Å². The lowest BCUT2D eigenvalue weighted by Crippen LogP contribution is -2.48. The molecule has 1 aromatic carbocycles. The number of rotatable bonds is 8. The van der Waals surface area contributed by atoms with E-state index in [0.717, 1.165) is 0 Å². The number of nitrogens with zero attached hydrogens (tertiary/aromatic N) is 1. The van der Waals surface area contributed by atoms with Gasteiger partial charge in [-0.3, -0.25) is 14.4 Å². The molecular formula is C23H35N3O5. The summed E-state index contributed by atoms with van der Waals surface area (Å²) >= 11 is 0. The molecule has 8 nitrogen and oxygen atoms in total. The summed E-state index contributed by atoms with van der Waals surface area (Å²) in [6.07, 6.45) is 0.503. The topological polar surface area (TPSA) is 108 Å². The van der Waals surface area contributed by atoms with Crippen LogP contribution in [-0.2, 0) is 9.59 Å². The van der Waals surface area contributed by atoms with Crippen LogP contribution in [-0.4, -0.2) is 65.1 Å². The van der Waals surface area contributed by atoms with Gasteiger partial charge in [-0.25, -0.2) is 0 Å². The Labute approximate surface area is 184 Å². The van der Waals surface area contributed by atoms with Gasteiger partial charge < -0.3 is 25.4 Å². The third-order valence-corrected chi connectivity index (χ3v) is 4.79. The molecule has 8 heteroatoms. The number of ether oxygens (including phenoxy) is 1. The predicted octanol–water partition coefficient (Wildman–Crippen LogP) is 1.72. The number of para-hydroxylation sites is 1. The second kappa shape index (κ2) is 10.6. The fourth-order valence-electron chi connectivity index (χ4n) is 3.47. The Kier molecular flexibility index (Phi) is 8.44. The standard InChI is InChI=1S/C23H35N3O5/c1-15(2)12-18(22(30)26-11-10-16(27)13-26)24-21(29)17-8-6-7-9-19(17)31-14-20(28)25-23(3,4)5/h6-9,15-16,18,27H,10-14H2,1-5H3,(H,24,29)(H,25,28). The van der Waals surface area contributed by atoms with Crippen LogP contribution in [0.1, 0.15) is 57.8 Å². The van der Waals surface area contributed by atoms with Crippen molar-refractivity contribution in [3.63, 3.8) is 0 Å². The van der Waals surface area contributed by atoms with Crippen molar-refractivity contribution in [2.75, 3.05) is 19.7 Å². The molecule has 3 amide bonds. The Morgan fingerprint density at radius 1 is 1.23 bits per heavy atom. The summed E-state index contributed by atoms with van der Waals surface area (Å²) in [7, 11) is 0. The molecule has 1 fully saturated rings. The van der Waals surface area contributed by atoms with Crippen LogP contribution in [0, 0.1) is 5.92 Å². The molecule has 0 aliphatic carbocycles. The summed E-state index contributed by atoms with van der Waals surface area (Å²) in [6.45, 7) is 10.1. The molecule has 1 heterocycles. The van der Waals surface area contributed by atoms with E-state index in [1.165, 1.54) is 0 Å². The van der Waals surface area contributed by atoms with Crippen LogP contribution < -0.4 is 15.4 Å². The van der Waals surface area contributed by atoms with Crippen molar-refractivity contribution in [3.05, 3.63) is 29.8 Å². The van der Waals surface area contributed by atoms with Crippen molar-refractivity contribution in [2.45, 2.75) is 65.1 Å². The van der Waals surface area contributed by atoms with Gasteiger partial charge in [-0.1, -0.05) is 26.0 Å². The number of β-amino-alcohol motifs (C(OH)–C–C–N with tert-alkyl or cyclic N) is 1. The first-order valence-electron chi connectivity index (χ1n) is 10.8. The van der Waals surface area contributed by atoms with Crippen LogP contribution in [0.2, 0.25) is 0 Å². The Balaban J connectivity index is 2.09. The quantitative estimate of drug-likeness (QED) is 0.579. The summed E-state index contributed by atoms with van der Waals surface area (Å²) in [5.74, 6) is -0.457. The van der Waals surface area contributed by atoms with Gasteiger partial charge in [0.25, 0.3) is 11.8 Å². The Morgan fingerprint density at radius 3 is 2.48 bits per heavy atom. The minimum atomic E-state index is -0.699. The van der Waals surface area contributed by atoms with Crippen LogP contribution in [0.15, 0.2) is 24.3 Å². The molecule has 31 heavy (non-hydrogen) atoms. The number of hydrogen-bond donors (Lipinski definition) is 3. The molecule has 2 atom stereocenters. The molecule has 1 aromatic rings. The normalized spacial score (nSPS) is 17.4. The van der Waals surface area contributed by atoms with Gasteiger partial charge in [0, 0.05) is 18.6 Å². The molecule has 0 bridgehead atoms. The number of carbonyl (C=O) groups is 3. The Hall–Kier alpha value is -2.61. The summed E-state index contributed by atoms with van der Waals surface area (Å²) in [5, 5.41) is 15.4. The van der Waals surface area contributed by atoms with Crippen molar-refractivity contribution in [3.8, 4) is 5.75 Å². The first-order chi connectivity index (χ1) is 14.5. The highest BCUT2D eigenvalue weighted by atomic mass is 16.5. The van der Waals surface area contributed by atoms with E-state index in [4.69, 9.17) is 4.74 Å². The number of hydrogen-bond acceptors (Lipinski definition) is 5. The molecule has 0 radical (unpaired) electrons. The number of aliphatic hydroxyl groups is 1. The molecule has 0 aromatic heterocycles. The van der Waals surface area contributed by atoms with Crippen molar-refractivity contribution >= 4 is 17.7 Å². The van der Waals surface area contributed by atoms with Gasteiger partial charge >= 0.3 is 0 Å². The first-order valence-corrected chi connectivity index (χ1v) is 10.8. The summed E-state index contributed by atoms with van der Waals surface area (Å²) in [5.41, 5.74) is -0.126. The highest BCUT2D eigenvalue weighted by Gasteiger charge is 2.32. The zero-order chi connectivity index (χ0) is 23.2. The predicted molar refractivity (Wildman–Crippen MR) is 118 cm³/mol. The summed E-state index contributed by atoms with van der Waals surface area (Å²) in [4.78, 5) is 39.6. The largest absolute Gasteiger partial charge is 0.483 e. The maximum Gasteiger partial charge on any atom is 0.258 e. The molecule has 1 saturated heterocycles. The molecule has 2 unspecified atom stereocenters. The third kappa shape index (κ3) is 7.86. The molecule has 3 N–H and O–H groups in total. The minimum Gasteiger partial charge on any atom is -0.483 e. The number of aliphatic hydroxyl groups excluding tert-OH is 1. The summed E-state index contributed by atoms with van der Waals surface area (Å²) in [6, 6.07) is 5.94. The molecule has 0 spiro atoms. The van der Waals surface area contributed by atoms with E-state index in [9.17, 15) is 19.5 Å². The maximum absolute atomic E-state index is 13.0. The zero-order valence-corrected chi connectivity index (χ0v) is 19.1. The number of nitrogens with one attached hydrogen (secondary N) is 2. The fraction of sp³-hybridized carbons (Fsp3) is 0.609. The van der Waals surface area contributed by atoms with E-state index in [1.54, 1.807) is 29.2 Å². The van der Waals surface area contributed by atoms with Crippen LogP contribution in [0.5, 0.6) is 5.75 Å². The lowest BCUT2D eigenvalue weighted by molar-refractivity contribution is -0.133. The van der Waals surface area contributed by atoms with Gasteiger partial charge in [0.1, 0.15) is 11.8 Å². The van der Waals surface area contributed by atoms with Gasteiger partial charge in [0.15, 0.2) is 6.61 Å². The van der Waals surface area contributed by atoms with Crippen molar-refractivity contribution < 1.29 is 24.2 Å². The van der Waals surface area contributed by atoms with E-state index in [2.05, 4.69) is 10.6 Å². The lowest BCUT2D eigenvalue weighted by atomic mass is 10.0. The van der Waals surface area contributed by atoms with E-state index < -0.39 is 18.1 Å². The smallest absolute Gasteiger partial charge is 0.258 e. The first kappa shape index (κ1) is 24.7. The lowest BCUT2D eigenvalue weighted by Gasteiger charge is -2.25. The zero-order valence-electron chi connectivity index (χ0n) is 19.1. The second-order valence-electron chi connectivity index (χ2n) is 9.47. The highest BCUT2D eigenvalue weighted by molar-refractivity contribution is 5.99. The average molecular weight is 434 g/mol. The SMILES string of the molecule is CC(C)CC(NC(=O)c1ccccc1OCC(=O)NC(C)(C)C)C(=O)N1CCC(O)C1. The molecule has 172 valence electrons. The maximum atomic E-state index is 13.0. The monoisotopic (exact) mass is 433 g/mol. The minimum absolute atomic E-state index is 0.189. The van der Waals surface area contributed by atoms with E-state index in [1.807, 2.05) is 34.6 Å². The van der Waals surface area contributed by atoms with Gasteiger partial charge in [-0.15, -0.1) is 0 Å². The fourth-order valence-corrected chi connectivity index (χ4v) is 3.47. The highest BCUT2D eigenvalue weighted by Crippen LogP contribution is 2.20. The number of amides is 3. The number of carbonyl (C=O) groups excluding carboxylic acids is 3. The number of likely N-dealkylation sites (tertiary alicyclic amines) is 1. The second-order valence-corrected chi connectivity index (χ2v) is 9.47. The van der Waals surface area contributed by atoms with Crippen LogP contribution in [0.4, 0.5) is 0 Å². The Bertz CT molecular complexity index is 788. The van der Waals surface area contributed by atoms with Gasteiger partial charge in [-0.05, 0) is 51.7 Å². The molecule has 2 rings (SSSR count). The van der Waals surface area contributed by atoms with Crippen molar-refractivity contribution in [1.82, 2.24) is 15.5 Å². The molecule has 1 aliphatic heterocycles. The number of benzene rings is 1. The summed E-state index contributed by atoms with van der Waals surface area (Å²) < 4.78 is 5.60. The van der Waals surface area contributed by atoms with Gasteiger partial charge in [-0.2, -0.15) is 0 Å². The van der Waals surface area contributed by atoms with Gasteiger partial charge in [0.05, 0.1) is 11.7 Å². The van der Waals surface area contributed by atoms with Crippen molar-refractivity contribution in [1.29, 1.82) is 0 Å². The third-order valence-electron chi connectivity index (χ3n) is 4.79. The molecule has 0 saturated carbocycles. The van der Waals surface area contributed by atoms with E-state index in [0.29, 0.717) is 19.4 Å². The average Bonchev–Trinajstić information content (AvgIpc) is 3.10.